The summed E-state index contributed by atoms with van der Waals surface area (Å²) in [4.78, 5) is 97.1. The van der Waals surface area contributed by atoms with Crippen LogP contribution in [0.2, 0.25) is 0 Å². The normalized spacial score (nSPS) is 16.6. The molecule has 6 atom stereocenters. The van der Waals surface area contributed by atoms with Gasteiger partial charge in [-0.05, 0) is 49.4 Å². The van der Waals surface area contributed by atoms with Crippen molar-refractivity contribution < 1.29 is 91.4 Å². The predicted molar refractivity (Wildman–Crippen MR) is 298 cm³/mol. The van der Waals surface area contributed by atoms with Crippen molar-refractivity contribution in [3.05, 3.63) is 63.3 Å². The summed E-state index contributed by atoms with van der Waals surface area (Å²) in [6.07, 6.45) is -4.38. The van der Waals surface area contributed by atoms with Crippen LogP contribution in [0.5, 0.6) is 0 Å². The number of allylic oxidation sites excluding steroid dienone is 1. The van der Waals surface area contributed by atoms with Gasteiger partial charge in [-0.25, -0.2) is 20.0 Å². The molecule has 3 aromatic rings. The number of imidazole rings is 1. The number of rotatable bonds is 45. The maximum atomic E-state index is 13.6. The number of unbranched alkanes of at least 4 members (excludes halogenated alkanes) is 1. The summed E-state index contributed by atoms with van der Waals surface area (Å²) in [7, 11) is 0. The van der Waals surface area contributed by atoms with Crippen LogP contribution in [0.3, 0.4) is 0 Å². The van der Waals surface area contributed by atoms with E-state index in [0.29, 0.717) is 117 Å². The third-order valence-electron chi connectivity index (χ3n) is 12.2. The Morgan fingerprint density at radius 1 is 0.738 bits per heavy atom. The molecule has 0 unspecified atom stereocenters. The van der Waals surface area contributed by atoms with Crippen molar-refractivity contribution in [1.82, 2.24) is 35.2 Å². The van der Waals surface area contributed by atoms with Gasteiger partial charge < -0.3 is 89.1 Å². The second-order valence-electron chi connectivity index (χ2n) is 18.8. The molecule has 0 spiro atoms. The minimum atomic E-state index is -1.68. The first-order valence-corrected chi connectivity index (χ1v) is 27.4. The monoisotopic (exact) mass is 1200 g/mol. The van der Waals surface area contributed by atoms with Crippen LogP contribution in [0.25, 0.3) is 11.2 Å². The summed E-state index contributed by atoms with van der Waals surface area (Å²) >= 11 is 0. The smallest absolute Gasteiger partial charge is 0.414 e. The van der Waals surface area contributed by atoms with Gasteiger partial charge in [-0.2, -0.15) is 4.98 Å². The van der Waals surface area contributed by atoms with E-state index in [0.717, 1.165) is 9.13 Å². The van der Waals surface area contributed by atoms with Gasteiger partial charge in [0.15, 0.2) is 17.4 Å². The SMILES string of the molecule is C=CCn1c(=O)n([C@@H]2O[C@H](CO)[C@@H](O)[C@H]2O)c2nc(NC(=O)OCc3ccc(NC(=O)[C@H](CCCCN)NC(=O)[C@@H](NC(=O)COCCOCCOCCOCCOCCOCCOCCOCCOCC(=O)NN)C(C)C)cc3)[nH]c(=O)c21. The molecule has 32 heteroatoms. The van der Waals surface area contributed by atoms with Crippen molar-refractivity contribution in [2.75, 3.05) is 143 Å². The molecule has 32 nitrogen and oxygen atoms in total. The zero-order chi connectivity index (χ0) is 61.1. The first-order chi connectivity index (χ1) is 40.6. The number of H-pyrrole nitrogens is 1. The largest absolute Gasteiger partial charge is 0.444 e. The lowest BCUT2D eigenvalue weighted by Gasteiger charge is -2.25. The summed E-state index contributed by atoms with van der Waals surface area (Å²) in [5, 5.41) is 41.1. The van der Waals surface area contributed by atoms with Crippen molar-refractivity contribution in [3.63, 3.8) is 0 Å². The molecular weight excluding hydrogens is 1110 g/mol. The fourth-order valence-corrected chi connectivity index (χ4v) is 7.86. The van der Waals surface area contributed by atoms with Crippen LogP contribution in [0.15, 0.2) is 46.5 Å². The van der Waals surface area contributed by atoms with Crippen molar-refractivity contribution in [1.29, 1.82) is 0 Å². The molecule has 1 saturated heterocycles. The molecule has 0 saturated carbocycles. The van der Waals surface area contributed by atoms with Gasteiger partial charge in [0.1, 0.15) is 50.2 Å². The van der Waals surface area contributed by atoms with Crippen molar-refractivity contribution in [3.8, 4) is 0 Å². The van der Waals surface area contributed by atoms with Gasteiger partial charge in [0.25, 0.3) is 11.5 Å². The van der Waals surface area contributed by atoms with Gasteiger partial charge in [0.05, 0.1) is 112 Å². The van der Waals surface area contributed by atoms with E-state index in [1.165, 1.54) is 6.08 Å². The lowest BCUT2D eigenvalue weighted by Crippen LogP contribution is -2.55. The Labute approximate surface area is 484 Å². The molecule has 3 heterocycles. The van der Waals surface area contributed by atoms with Crippen LogP contribution in [0, 0.1) is 5.92 Å². The number of aromatic nitrogens is 4. The Morgan fingerprint density at radius 2 is 1.26 bits per heavy atom. The molecule has 472 valence electrons. The number of nitrogens with one attached hydrogen (secondary N) is 6. The summed E-state index contributed by atoms with van der Waals surface area (Å²) in [6, 6.07) is 4.26. The minimum Gasteiger partial charge on any atom is -0.444 e. The lowest BCUT2D eigenvalue weighted by molar-refractivity contribution is -0.134. The molecule has 1 aromatic carbocycles. The predicted octanol–water partition coefficient (Wildman–Crippen LogP) is -2.74. The number of ether oxygens (including phenoxy) is 11. The number of nitrogens with two attached hydrogens (primary N) is 2. The topological polar surface area (TPSA) is 432 Å². The molecule has 1 fully saturated rings. The van der Waals surface area contributed by atoms with E-state index < -0.39 is 90.1 Å². The fraction of sp³-hybridized carbons (Fsp3) is 0.654. The van der Waals surface area contributed by atoms with Crippen LogP contribution < -0.4 is 49.5 Å². The Morgan fingerprint density at radius 3 is 1.74 bits per heavy atom. The van der Waals surface area contributed by atoms with Crippen molar-refractivity contribution >= 4 is 52.5 Å². The van der Waals surface area contributed by atoms with E-state index >= 15 is 0 Å². The summed E-state index contributed by atoms with van der Waals surface area (Å²) in [6.45, 7) is 11.4. The molecule has 84 heavy (non-hydrogen) atoms. The minimum absolute atomic E-state index is 0.109. The highest BCUT2D eigenvalue weighted by Crippen LogP contribution is 2.30. The molecule has 2 aromatic heterocycles. The standard InChI is InChI=1S/C52H83N11O21/c1-4-13-62-42-45(63(52(62)73)49-44(68)43(67)38(30-64)84-49)58-50(59-48(42)71)60-51(72)83-31-35-8-10-36(11-9-35)55-46(69)37(7-5-6-12-53)56-47(70)41(34(2)3)57-39(65)32-81-28-26-79-24-22-77-20-18-75-16-14-74-15-17-76-19-21-78-23-25-80-27-29-82-33-40(66)61-54/h4,8-11,34,37-38,41,43-44,49,64,67-68H,1,5-7,12-33,53-54H2,2-3H3,(H,55,69)(H,56,70)(H,57,65)(H,61,66)(H2,58,59,60,71,72)/t37-,38+,41-,43+,44+,49+/m0/s1. The number of hydrogen-bond acceptors (Lipinski definition) is 24. The van der Waals surface area contributed by atoms with E-state index in [1.807, 2.05) is 5.43 Å². The number of benzene rings is 1. The maximum Gasteiger partial charge on any atom is 0.414 e. The lowest BCUT2D eigenvalue weighted by atomic mass is 10.0. The second-order valence-corrected chi connectivity index (χ2v) is 18.8. The fourth-order valence-electron chi connectivity index (χ4n) is 7.86. The van der Waals surface area contributed by atoms with Gasteiger partial charge >= 0.3 is 11.8 Å². The quantitative estimate of drug-likeness (QED) is 0.00899. The first-order valence-electron chi connectivity index (χ1n) is 27.4. The molecule has 0 aliphatic carbocycles. The van der Waals surface area contributed by atoms with E-state index in [9.17, 15) is 48.9 Å². The summed E-state index contributed by atoms with van der Waals surface area (Å²) in [5.41, 5.74) is 6.28. The number of aromatic amines is 1. The van der Waals surface area contributed by atoms with Crippen molar-refractivity contribution in [2.45, 2.75) is 82.9 Å². The van der Waals surface area contributed by atoms with Gasteiger partial charge in [0, 0.05) is 12.2 Å². The van der Waals surface area contributed by atoms with Gasteiger partial charge in [-0.15, -0.1) is 6.58 Å². The molecule has 5 amide bonds. The highest BCUT2D eigenvalue weighted by Gasteiger charge is 2.45. The van der Waals surface area contributed by atoms with E-state index in [4.69, 9.17) is 63.7 Å². The molecule has 4 rings (SSSR count). The molecule has 1 aliphatic heterocycles. The van der Waals surface area contributed by atoms with E-state index in [2.05, 4.69) is 37.8 Å². The van der Waals surface area contributed by atoms with Gasteiger partial charge in [-0.1, -0.05) is 32.1 Å². The average Bonchev–Trinajstić information content (AvgIpc) is 2.96. The van der Waals surface area contributed by atoms with Gasteiger partial charge in [-0.3, -0.25) is 44.3 Å². The number of carbonyl (C=O) groups excluding carboxylic acids is 5. The van der Waals surface area contributed by atoms with Crippen LogP contribution in [0.1, 0.15) is 44.9 Å². The van der Waals surface area contributed by atoms with E-state index in [-0.39, 0.29) is 69.7 Å². The molecule has 13 N–H and O–H groups in total. The zero-order valence-corrected chi connectivity index (χ0v) is 47.5. The number of anilines is 2. The number of hydrazine groups is 1. The summed E-state index contributed by atoms with van der Waals surface area (Å²) < 4.78 is 61.4. The van der Waals surface area contributed by atoms with E-state index in [1.54, 1.807) is 38.1 Å². The Balaban J connectivity index is 1.08. The van der Waals surface area contributed by atoms with Crippen LogP contribution in [0.4, 0.5) is 16.4 Å². The van der Waals surface area contributed by atoms with Crippen LogP contribution in [-0.4, -0.2) is 227 Å². The maximum absolute atomic E-state index is 13.6. The number of nitrogens with zero attached hydrogens (tertiary/aromatic N) is 3. The molecular formula is C52H83N11O21. The third-order valence-corrected chi connectivity index (χ3v) is 12.2. The highest BCUT2D eigenvalue weighted by atomic mass is 16.6. The Hall–Kier alpha value is -6.34. The van der Waals surface area contributed by atoms with Crippen LogP contribution in [-0.2, 0) is 84.4 Å². The van der Waals surface area contributed by atoms with Crippen molar-refractivity contribution in [2.24, 2.45) is 17.5 Å². The Bertz CT molecular complexity index is 2570. The number of carbonyl (C=O) groups is 5. The second kappa shape index (κ2) is 40.1. The number of amides is 5. The molecule has 0 bridgehead atoms. The number of fused-ring (bicyclic) bond motifs is 1. The van der Waals surface area contributed by atoms with Gasteiger partial charge in [0.2, 0.25) is 23.7 Å². The molecule has 1 aliphatic rings. The zero-order valence-electron chi connectivity index (χ0n) is 47.5. The summed E-state index contributed by atoms with van der Waals surface area (Å²) in [5.74, 6) is 2.12. The third kappa shape index (κ3) is 24.7. The highest BCUT2D eigenvalue weighted by molar-refractivity contribution is 5.98. The number of hydrogen-bond donors (Lipinski definition) is 11. The number of aliphatic hydroxyl groups is 3. The average molecular weight is 1200 g/mol. The van der Waals surface area contributed by atoms with Crippen LogP contribution >= 0.6 is 0 Å². The first kappa shape index (κ1) is 70.1. The molecule has 0 radical (unpaired) electrons. The number of aliphatic hydroxyl groups excluding tert-OH is 3. The Kier molecular flexibility index (Phi) is 33.5.